The summed E-state index contributed by atoms with van der Waals surface area (Å²) in [4.78, 5) is 24.9. The van der Waals surface area contributed by atoms with E-state index >= 15 is 0 Å². The van der Waals surface area contributed by atoms with Gasteiger partial charge in [0, 0.05) is 22.3 Å². The van der Waals surface area contributed by atoms with Crippen molar-refractivity contribution in [2.24, 2.45) is 5.41 Å². The van der Waals surface area contributed by atoms with Crippen molar-refractivity contribution in [2.75, 3.05) is 11.9 Å². The topological polar surface area (TPSA) is 58.2 Å². The molecule has 0 atom stereocenters. The number of benzene rings is 2. The number of hydrogen-bond acceptors (Lipinski definition) is 2. The third kappa shape index (κ3) is 5.44. The van der Waals surface area contributed by atoms with Crippen molar-refractivity contribution < 1.29 is 14.0 Å². The largest absolute Gasteiger partial charge is 0.355 e. The Morgan fingerprint density at radius 3 is 2.15 bits per heavy atom. The van der Waals surface area contributed by atoms with Crippen molar-refractivity contribution in [3.8, 4) is 0 Å². The zero-order chi connectivity index (χ0) is 19.3. The molecule has 4 nitrogen and oxygen atoms in total. The second-order valence-electron chi connectivity index (χ2n) is 6.37. The Morgan fingerprint density at radius 1 is 1.00 bits per heavy atom. The summed E-state index contributed by atoms with van der Waals surface area (Å²) in [5, 5.41) is 6.15. The number of nitrogens with one attached hydrogen (secondary N) is 2. The number of halogens is 3. The summed E-state index contributed by atoms with van der Waals surface area (Å²) < 4.78 is 12.9. The molecule has 2 aromatic rings. The molecule has 0 aliphatic rings. The molecule has 0 heterocycles. The second-order valence-corrected chi connectivity index (χ2v) is 7.24. The van der Waals surface area contributed by atoms with E-state index in [0.717, 1.165) is 5.56 Å². The highest BCUT2D eigenvalue weighted by atomic mass is 35.5. The fourth-order valence-electron chi connectivity index (χ4n) is 2.21. The molecule has 0 aliphatic carbocycles. The second kappa shape index (κ2) is 8.52. The van der Waals surface area contributed by atoms with Crippen LogP contribution >= 0.6 is 23.2 Å². The summed E-state index contributed by atoms with van der Waals surface area (Å²) in [6.45, 7) is 3.40. The van der Waals surface area contributed by atoms with Crippen LogP contribution in [-0.2, 0) is 16.0 Å². The van der Waals surface area contributed by atoms with Crippen LogP contribution in [0.25, 0.3) is 0 Å². The lowest BCUT2D eigenvalue weighted by molar-refractivity contribution is -0.138. The van der Waals surface area contributed by atoms with Gasteiger partial charge in [-0.15, -0.1) is 0 Å². The van der Waals surface area contributed by atoms with Gasteiger partial charge in [-0.1, -0.05) is 35.3 Å². The van der Waals surface area contributed by atoms with Crippen molar-refractivity contribution in [2.45, 2.75) is 20.3 Å². The molecule has 0 unspecified atom stereocenters. The number of carbonyl (C=O) groups excluding carboxylic acids is 2. The Bertz CT molecular complexity index is 787. The molecule has 2 N–H and O–H groups in total. The third-order valence-electron chi connectivity index (χ3n) is 3.87. The van der Waals surface area contributed by atoms with Crippen LogP contribution < -0.4 is 10.6 Å². The number of rotatable bonds is 6. The summed E-state index contributed by atoms with van der Waals surface area (Å²) in [6, 6.07) is 10.7. The van der Waals surface area contributed by atoms with Gasteiger partial charge in [-0.05, 0) is 56.2 Å². The van der Waals surface area contributed by atoms with Gasteiger partial charge in [0.15, 0.2) is 0 Å². The van der Waals surface area contributed by atoms with Crippen molar-refractivity contribution in [3.63, 3.8) is 0 Å². The number of amides is 2. The van der Waals surface area contributed by atoms with Crippen LogP contribution in [0.15, 0.2) is 42.5 Å². The quantitative estimate of drug-likeness (QED) is 0.708. The number of hydrogen-bond donors (Lipinski definition) is 2. The molecule has 2 aromatic carbocycles. The van der Waals surface area contributed by atoms with Gasteiger partial charge >= 0.3 is 0 Å². The van der Waals surface area contributed by atoms with E-state index in [-0.39, 0.29) is 5.82 Å². The first-order valence-corrected chi connectivity index (χ1v) is 8.74. The minimum Gasteiger partial charge on any atom is -0.355 e. The highest BCUT2D eigenvalue weighted by Crippen LogP contribution is 2.25. The highest BCUT2D eigenvalue weighted by Gasteiger charge is 2.35. The van der Waals surface area contributed by atoms with Gasteiger partial charge in [0.2, 0.25) is 11.8 Å². The molecule has 0 radical (unpaired) electrons. The minimum atomic E-state index is -1.29. The SMILES string of the molecule is CC(C)(C(=O)NCCc1ccc(F)cc1)C(=O)Nc1cc(Cl)cc(Cl)c1. The minimum absolute atomic E-state index is 0.309. The zero-order valence-electron chi connectivity index (χ0n) is 14.4. The summed E-state index contributed by atoms with van der Waals surface area (Å²) >= 11 is 11.8. The average molecular weight is 397 g/mol. The molecule has 0 aliphatic heterocycles. The fraction of sp³-hybridized carbons (Fsp3) is 0.263. The van der Waals surface area contributed by atoms with Crippen LogP contribution in [0.2, 0.25) is 10.0 Å². The first-order valence-electron chi connectivity index (χ1n) is 7.99. The molecule has 0 fully saturated rings. The first-order chi connectivity index (χ1) is 12.2. The van der Waals surface area contributed by atoms with Crippen LogP contribution in [-0.4, -0.2) is 18.4 Å². The van der Waals surface area contributed by atoms with Crippen molar-refractivity contribution in [1.82, 2.24) is 5.32 Å². The van der Waals surface area contributed by atoms with Gasteiger partial charge in [0.1, 0.15) is 11.2 Å². The molecule has 0 spiro atoms. The Hall–Kier alpha value is -2.11. The molecule has 0 saturated heterocycles. The van der Waals surface area contributed by atoms with Gasteiger partial charge in [0.25, 0.3) is 0 Å². The van der Waals surface area contributed by atoms with Crippen molar-refractivity contribution in [1.29, 1.82) is 0 Å². The maximum atomic E-state index is 12.9. The molecule has 0 aromatic heterocycles. The van der Waals surface area contributed by atoms with E-state index in [0.29, 0.717) is 28.7 Å². The standard InChI is InChI=1S/C19H19Cl2FN2O2/c1-19(2,18(26)24-16-10-13(20)9-14(21)11-16)17(25)23-8-7-12-3-5-15(22)6-4-12/h3-6,9-11H,7-8H2,1-2H3,(H,23,25)(H,24,26). The highest BCUT2D eigenvalue weighted by molar-refractivity contribution is 6.35. The van der Waals surface area contributed by atoms with Crippen molar-refractivity contribution in [3.05, 3.63) is 63.9 Å². The van der Waals surface area contributed by atoms with Gasteiger partial charge in [-0.3, -0.25) is 9.59 Å². The fourth-order valence-corrected chi connectivity index (χ4v) is 2.73. The smallest absolute Gasteiger partial charge is 0.239 e. The maximum absolute atomic E-state index is 12.9. The van der Waals surface area contributed by atoms with Crippen LogP contribution in [0.1, 0.15) is 19.4 Å². The molecular formula is C19H19Cl2FN2O2. The normalized spacial score (nSPS) is 11.1. The molecule has 2 amide bonds. The Kier molecular flexibility index (Phi) is 6.62. The Labute approximate surface area is 161 Å². The first kappa shape index (κ1) is 20.2. The lowest BCUT2D eigenvalue weighted by Crippen LogP contribution is -2.45. The lowest BCUT2D eigenvalue weighted by atomic mass is 9.91. The molecule has 0 bridgehead atoms. The zero-order valence-corrected chi connectivity index (χ0v) is 15.9. The molecule has 0 saturated carbocycles. The summed E-state index contributed by atoms with van der Waals surface area (Å²) in [5.41, 5.74) is 0.0135. The Balaban J connectivity index is 1.93. The predicted molar refractivity (Wildman–Crippen MR) is 102 cm³/mol. The van der Waals surface area contributed by atoms with E-state index in [1.807, 2.05) is 0 Å². The molecule has 7 heteroatoms. The van der Waals surface area contributed by atoms with Crippen LogP contribution in [0.3, 0.4) is 0 Å². The summed E-state index contributed by atoms with van der Waals surface area (Å²) in [7, 11) is 0. The van der Waals surface area contributed by atoms with Crippen LogP contribution in [0, 0.1) is 11.2 Å². The van der Waals surface area contributed by atoms with Gasteiger partial charge in [0.05, 0.1) is 0 Å². The van der Waals surface area contributed by atoms with E-state index in [1.54, 1.807) is 30.3 Å². The van der Waals surface area contributed by atoms with Crippen LogP contribution in [0.5, 0.6) is 0 Å². The van der Waals surface area contributed by atoms with E-state index in [1.165, 1.54) is 26.0 Å². The third-order valence-corrected chi connectivity index (χ3v) is 4.30. The predicted octanol–water partition coefficient (Wildman–Crippen LogP) is 4.46. The van der Waals surface area contributed by atoms with Crippen LogP contribution in [0.4, 0.5) is 10.1 Å². The van der Waals surface area contributed by atoms with E-state index < -0.39 is 17.2 Å². The average Bonchev–Trinajstić information content (AvgIpc) is 2.55. The van der Waals surface area contributed by atoms with E-state index in [4.69, 9.17) is 23.2 Å². The lowest BCUT2D eigenvalue weighted by Gasteiger charge is -2.23. The summed E-state index contributed by atoms with van der Waals surface area (Å²) in [5.74, 6) is -1.20. The molecule has 2 rings (SSSR count). The van der Waals surface area contributed by atoms with E-state index in [9.17, 15) is 14.0 Å². The number of carbonyl (C=O) groups is 2. The molecule has 138 valence electrons. The van der Waals surface area contributed by atoms with E-state index in [2.05, 4.69) is 10.6 Å². The Morgan fingerprint density at radius 2 is 1.58 bits per heavy atom. The monoisotopic (exact) mass is 396 g/mol. The van der Waals surface area contributed by atoms with Gasteiger partial charge in [-0.25, -0.2) is 4.39 Å². The molecular weight excluding hydrogens is 378 g/mol. The maximum Gasteiger partial charge on any atom is 0.239 e. The van der Waals surface area contributed by atoms with Gasteiger partial charge < -0.3 is 10.6 Å². The van der Waals surface area contributed by atoms with Crippen molar-refractivity contribution >= 4 is 40.7 Å². The molecule has 26 heavy (non-hydrogen) atoms. The van der Waals surface area contributed by atoms with Gasteiger partial charge in [-0.2, -0.15) is 0 Å². The summed E-state index contributed by atoms with van der Waals surface area (Å²) in [6.07, 6.45) is 0.535. The number of anilines is 1.